The second-order valence-corrected chi connectivity index (χ2v) is 3.87. The van der Waals surface area contributed by atoms with Gasteiger partial charge in [-0.2, -0.15) is 0 Å². The lowest BCUT2D eigenvalue weighted by Gasteiger charge is -2.26. The number of rotatable bonds is 5. The van der Waals surface area contributed by atoms with Crippen LogP contribution in [0.15, 0.2) is 0 Å². The van der Waals surface area contributed by atoms with E-state index in [9.17, 15) is 9.59 Å². The number of primary amides is 1. The van der Waals surface area contributed by atoms with Crippen LogP contribution in [0, 0.1) is 5.92 Å². The molecule has 1 aliphatic rings. The van der Waals surface area contributed by atoms with Crippen molar-refractivity contribution in [3.8, 4) is 0 Å². The van der Waals surface area contributed by atoms with Gasteiger partial charge in [0.25, 0.3) is 0 Å². The Hall–Kier alpha value is -1.10. The summed E-state index contributed by atoms with van der Waals surface area (Å²) in [6, 6.07) is 0.0619. The van der Waals surface area contributed by atoms with E-state index in [1.54, 1.807) is 12.0 Å². The van der Waals surface area contributed by atoms with Crippen molar-refractivity contribution >= 4 is 11.8 Å². The zero-order chi connectivity index (χ0) is 11.4. The predicted molar refractivity (Wildman–Crippen MR) is 55.0 cm³/mol. The van der Waals surface area contributed by atoms with E-state index in [1.807, 2.05) is 6.92 Å². The predicted octanol–water partition coefficient (Wildman–Crippen LogP) is -0.255. The normalized spacial score (nSPS) is 23.2. The molecule has 15 heavy (non-hydrogen) atoms. The summed E-state index contributed by atoms with van der Waals surface area (Å²) in [6.45, 7) is 2.94. The van der Waals surface area contributed by atoms with Gasteiger partial charge < -0.3 is 15.4 Å². The van der Waals surface area contributed by atoms with Crippen LogP contribution in [0.2, 0.25) is 0 Å². The first kappa shape index (κ1) is 12.0. The fraction of sp³-hybridized carbons (Fsp3) is 0.800. The van der Waals surface area contributed by atoms with Gasteiger partial charge in [0.15, 0.2) is 0 Å². The van der Waals surface area contributed by atoms with Crippen LogP contribution >= 0.6 is 0 Å². The number of carbonyl (C=O) groups is 2. The SMILES string of the molecule is CCC(COC)N1CC(C(N)=O)CC1=O. The average molecular weight is 214 g/mol. The summed E-state index contributed by atoms with van der Waals surface area (Å²) in [5.74, 6) is -0.718. The van der Waals surface area contributed by atoms with Crippen molar-refractivity contribution in [2.45, 2.75) is 25.8 Å². The molecule has 0 aromatic heterocycles. The van der Waals surface area contributed by atoms with Gasteiger partial charge in [-0.25, -0.2) is 0 Å². The number of ether oxygens (including phenoxy) is 1. The highest BCUT2D eigenvalue weighted by Crippen LogP contribution is 2.21. The lowest BCUT2D eigenvalue weighted by molar-refractivity contribution is -0.131. The molecular formula is C10H18N2O3. The Morgan fingerprint density at radius 2 is 2.40 bits per heavy atom. The van der Waals surface area contributed by atoms with Crippen molar-refractivity contribution in [2.75, 3.05) is 20.3 Å². The smallest absolute Gasteiger partial charge is 0.223 e. The van der Waals surface area contributed by atoms with E-state index >= 15 is 0 Å². The van der Waals surface area contributed by atoms with Gasteiger partial charge in [-0.1, -0.05) is 6.92 Å². The molecule has 2 atom stereocenters. The van der Waals surface area contributed by atoms with Gasteiger partial charge >= 0.3 is 0 Å². The summed E-state index contributed by atoms with van der Waals surface area (Å²) >= 11 is 0. The molecule has 86 valence electrons. The third-order valence-electron chi connectivity index (χ3n) is 2.83. The Bertz CT molecular complexity index is 255. The Balaban J connectivity index is 2.62. The minimum atomic E-state index is -0.391. The Morgan fingerprint density at radius 1 is 1.73 bits per heavy atom. The monoisotopic (exact) mass is 214 g/mol. The topological polar surface area (TPSA) is 72.6 Å². The van der Waals surface area contributed by atoms with Crippen molar-refractivity contribution in [3.63, 3.8) is 0 Å². The average Bonchev–Trinajstić information content (AvgIpc) is 2.57. The highest BCUT2D eigenvalue weighted by atomic mass is 16.5. The van der Waals surface area contributed by atoms with Crippen molar-refractivity contribution in [3.05, 3.63) is 0 Å². The summed E-state index contributed by atoms with van der Waals surface area (Å²) < 4.78 is 5.04. The Kier molecular flexibility index (Phi) is 4.08. The molecule has 5 heteroatoms. The number of likely N-dealkylation sites (tertiary alicyclic amines) is 1. The molecule has 1 saturated heterocycles. The van der Waals surface area contributed by atoms with E-state index in [4.69, 9.17) is 10.5 Å². The molecule has 1 rings (SSSR count). The molecule has 5 nitrogen and oxygen atoms in total. The van der Waals surface area contributed by atoms with E-state index in [0.29, 0.717) is 13.2 Å². The van der Waals surface area contributed by atoms with Crippen LogP contribution in [-0.4, -0.2) is 43.0 Å². The number of hydrogen-bond donors (Lipinski definition) is 1. The summed E-state index contributed by atoms with van der Waals surface area (Å²) in [7, 11) is 1.61. The summed E-state index contributed by atoms with van der Waals surface area (Å²) in [5.41, 5.74) is 5.19. The quantitative estimate of drug-likeness (QED) is 0.685. The second kappa shape index (κ2) is 5.11. The molecule has 0 spiro atoms. The minimum Gasteiger partial charge on any atom is -0.383 e. The van der Waals surface area contributed by atoms with E-state index in [2.05, 4.69) is 0 Å². The number of nitrogens with zero attached hydrogens (tertiary/aromatic N) is 1. The largest absolute Gasteiger partial charge is 0.383 e. The zero-order valence-electron chi connectivity index (χ0n) is 9.23. The molecule has 1 fully saturated rings. The molecule has 0 bridgehead atoms. The Labute approximate surface area is 89.6 Å². The molecule has 0 aliphatic carbocycles. The molecule has 2 N–H and O–H groups in total. The van der Waals surface area contributed by atoms with Gasteiger partial charge in [-0.05, 0) is 6.42 Å². The second-order valence-electron chi connectivity index (χ2n) is 3.87. The summed E-state index contributed by atoms with van der Waals surface area (Å²) in [6.07, 6.45) is 1.07. The van der Waals surface area contributed by atoms with Crippen LogP contribution in [0.3, 0.4) is 0 Å². The molecule has 0 aromatic carbocycles. The first-order chi connectivity index (χ1) is 7.10. The first-order valence-corrected chi connectivity index (χ1v) is 5.17. The van der Waals surface area contributed by atoms with Crippen LogP contribution in [0.1, 0.15) is 19.8 Å². The maximum Gasteiger partial charge on any atom is 0.223 e. The fourth-order valence-corrected chi connectivity index (χ4v) is 1.90. The summed E-state index contributed by atoms with van der Waals surface area (Å²) in [4.78, 5) is 24.3. The van der Waals surface area contributed by atoms with Gasteiger partial charge in [0.05, 0.1) is 18.6 Å². The number of nitrogens with two attached hydrogens (primary N) is 1. The van der Waals surface area contributed by atoms with E-state index in [0.717, 1.165) is 6.42 Å². The number of amides is 2. The standard InChI is InChI=1S/C10H18N2O3/c1-3-8(6-15-2)12-5-7(10(11)14)4-9(12)13/h7-8H,3-6H2,1-2H3,(H2,11,14). The summed E-state index contributed by atoms with van der Waals surface area (Å²) in [5, 5.41) is 0. The van der Waals surface area contributed by atoms with Crippen LogP contribution < -0.4 is 5.73 Å². The molecule has 1 heterocycles. The van der Waals surface area contributed by atoms with E-state index < -0.39 is 5.91 Å². The highest BCUT2D eigenvalue weighted by Gasteiger charge is 2.36. The van der Waals surface area contributed by atoms with E-state index in [1.165, 1.54) is 0 Å². The maximum absolute atomic E-state index is 11.6. The third-order valence-corrected chi connectivity index (χ3v) is 2.83. The first-order valence-electron chi connectivity index (χ1n) is 5.17. The maximum atomic E-state index is 11.6. The van der Waals surface area contributed by atoms with Gasteiger partial charge in [-0.15, -0.1) is 0 Å². The minimum absolute atomic E-state index is 0.00250. The van der Waals surface area contributed by atoms with Crippen LogP contribution in [0.25, 0.3) is 0 Å². The van der Waals surface area contributed by atoms with Crippen molar-refractivity contribution < 1.29 is 14.3 Å². The lowest BCUT2D eigenvalue weighted by Crippen LogP contribution is -2.39. The zero-order valence-corrected chi connectivity index (χ0v) is 9.23. The van der Waals surface area contributed by atoms with Gasteiger partial charge in [0.1, 0.15) is 0 Å². The highest BCUT2D eigenvalue weighted by molar-refractivity contribution is 5.88. The third kappa shape index (κ3) is 2.68. The molecule has 2 amide bonds. The molecule has 0 aromatic rings. The fourth-order valence-electron chi connectivity index (χ4n) is 1.90. The van der Waals surface area contributed by atoms with Crippen LogP contribution in [-0.2, 0) is 14.3 Å². The molecule has 0 saturated carbocycles. The van der Waals surface area contributed by atoms with Crippen molar-refractivity contribution in [2.24, 2.45) is 11.7 Å². The van der Waals surface area contributed by atoms with Gasteiger partial charge in [0.2, 0.25) is 11.8 Å². The van der Waals surface area contributed by atoms with Crippen LogP contribution in [0.4, 0.5) is 0 Å². The molecular weight excluding hydrogens is 196 g/mol. The van der Waals surface area contributed by atoms with Crippen molar-refractivity contribution in [1.29, 1.82) is 0 Å². The molecule has 0 radical (unpaired) electrons. The van der Waals surface area contributed by atoms with Crippen molar-refractivity contribution in [1.82, 2.24) is 4.90 Å². The number of hydrogen-bond acceptors (Lipinski definition) is 3. The van der Waals surface area contributed by atoms with Gasteiger partial charge in [-0.3, -0.25) is 9.59 Å². The lowest BCUT2D eigenvalue weighted by atomic mass is 10.1. The molecule has 2 unspecified atom stereocenters. The van der Waals surface area contributed by atoms with Crippen LogP contribution in [0.5, 0.6) is 0 Å². The Morgan fingerprint density at radius 3 is 2.80 bits per heavy atom. The van der Waals surface area contributed by atoms with Gasteiger partial charge in [0, 0.05) is 20.1 Å². The number of carbonyl (C=O) groups excluding carboxylic acids is 2. The number of methoxy groups -OCH3 is 1. The molecule has 1 aliphatic heterocycles. The van der Waals surface area contributed by atoms with E-state index in [-0.39, 0.29) is 24.3 Å².